The van der Waals surface area contributed by atoms with Crippen molar-refractivity contribution in [3.05, 3.63) is 0 Å². The van der Waals surface area contributed by atoms with Gasteiger partial charge in [-0.15, -0.1) is 0 Å². The molecule has 0 aromatic carbocycles. The summed E-state index contributed by atoms with van der Waals surface area (Å²) in [6.07, 6.45) is 1.69. The molecule has 0 aliphatic heterocycles. The van der Waals surface area contributed by atoms with Gasteiger partial charge in [-0.3, -0.25) is 4.79 Å². The van der Waals surface area contributed by atoms with Gasteiger partial charge in [0.2, 0.25) is 5.91 Å². The molecule has 0 radical (unpaired) electrons. The van der Waals surface area contributed by atoms with Crippen LogP contribution in [0.1, 0.15) is 40.5 Å². The van der Waals surface area contributed by atoms with Crippen molar-refractivity contribution < 1.29 is 4.79 Å². The molecule has 14 heavy (non-hydrogen) atoms. The minimum absolute atomic E-state index is 0.0350. The third-order valence-electron chi connectivity index (χ3n) is 2.41. The highest BCUT2D eigenvalue weighted by atomic mass is 32.1. The average molecular weight is 216 g/mol. The van der Waals surface area contributed by atoms with E-state index in [0.717, 1.165) is 12.8 Å². The number of rotatable bonds is 5. The Bertz CT molecular complexity index is 222. The SMILES string of the molecule is CCC(CC)C(=O)NC(C)(C)C(N)=S. The Hall–Kier alpha value is -0.640. The van der Waals surface area contributed by atoms with Gasteiger partial charge >= 0.3 is 0 Å². The van der Waals surface area contributed by atoms with Crippen LogP contribution in [-0.2, 0) is 4.79 Å². The molecule has 0 aliphatic rings. The second kappa shape index (κ2) is 5.29. The highest BCUT2D eigenvalue weighted by Gasteiger charge is 2.26. The maximum absolute atomic E-state index is 11.7. The number of nitrogens with one attached hydrogen (secondary N) is 1. The molecule has 0 aliphatic carbocycles. The Morgan fingerprint density at radius 1 is 1.43 bits per heavy atom. The fourth-order valence-corrected chi connectivity index (χ4v) is 1.18. The minimum atomic E-state index is -0.588. The second-order valence-electron chi connectivity index (χ2n) is 3.99. The van der Waals surface area contributed by atoms with Crippen LogP contribution in [0, 0.1) is 5.92 Å². The lowest BCUT2D eigenvalue weighted by Gasteiger charge is -2.27. The van der Waals surface area contributed by atoms with E-state index in [0.29, 0.717) is 4.99 Å². The van der Waals surface area contributed by atoms with Crippen molar-refractivity contribution in [2.45, 2.75) is 46.1 Å². The van der Waals surface area contributed by atoms with Crippen molar-refractivity contribution in [2.75, 3.05) is 0 Å². The number of hydrogen-bond acceptors (Lipinski definition) is 2. The number of amides is 1. The van der Waals surface area contributed by atoms with E-state index in [1.54, 1.807) is 0 Å². The van der Waals surface area contributed by atoms with Gasteiger partial charge < -0.3 is 11.1 Å². The minimum Gasteiger partial charge on any atom is -0.391 e. The normalized spacial score (nSPS) is 11.5. The zero-order chi connectivity index (χ0) is 11.4. The van der Waals surface area contributed by atoms with E-state index in [-0.39, 0.29) is 11.8 Å². The first-order valence-corrected chi connectivity index (χ1v) is 5.37. The van der Waals surface area contributed by atoms with Crippen LogP contribution in [0.2, 0.25) is 0 Å². The van der Waals surface area contributed by atoms with Gasteiger partial charge in [0.1, 0.15) is 0 Å². The molecule has 0 spiro atoms. The molecule has 0 rings (SSSR count). The van der Waals surface area contributed by atoms with Crippen LogP contribution in [0.5, 0.6) is 0 Å². The molecule has 0 heterocycles. The predicted octanol–water partition coefficient (Wildman–Crippen LogP) is 1.60. The molecular weight excluding hydrogens is 196 g/mol. The standard InChI is InChI=1S/C10H20N2OS/c1-5-7(6-2)8(13)12-10(3,4)9(11)14/h7H,5-6H2,1-4H3,(H2,11,14)(H,12,13). The summed E-state index contributed by atoms with van der Waals surface area (Å²) in [6.45, 7) is 7.63. The molecule has 82 valence electrons. The average Bonchev–Trinajstić information content (AvgIpc) is 2.05. The number of carbonyl (C=O) groups is 1. The number of carbonyl (C=O) groups excluding carboxylic acids is 1. The first kappa shape index (κ1) is 13.4. The van der Waals surface area contributed by atoms with Crippen LogP contribution in [0.4, 0.5) is 0 Å². The van der Waals surface area contributed by atoms with E-state index in [9.17, 15) is 4.79 Å². The van der Waals surface area contributed by atoms with E-state index in [1.165, 1.54) is 0 Å². The Morgan fingerprint density at radius 2 is 1.86 bits per heavy atom. The van der Waals surface area contributed by atoms with Crippen molar-refractivity contribution in [1.82, 2.24) is 5.32 Å². The zero-order valence-electron chi connectivity index (χ0n) is 9.39. The van der Waals surface area contributed by atoms with E-state index in [2.05, 4.69) is 5.32 Å². The lowest BCUT2D eigenvalue weighted by Crippen LogP contribution is -2.53. The molecule has 3 N–H and O–H groups in total. The molecule has 0 unspecified atom stereocenters. The van der Waals surface area contributed by atoms with Gasteiger partial charge in [0.25, 0.3) is 0 Å². The Morgan fingerprint density at radius 3 is 2.14 bits per heavy atom. The fraction of sp³-hybridized carbons (Fsp3) is 0.800. The van der Waals surface area contributed by atoms with Gasteiger partial charge in [-0.1, -0.05) is 26.1 Å². The zero-order valence-corrected chi connectivity index (χ0v) is 10.2. The molecule has 0 saturated carbocycles. The molecule has 0 fully saturated rings. The van der Waals surface area contributed by atoms with Crippen molar-refractivity contribution in [1.29, 1.82) is 0 Å². The van der Waals surface area contributed by atoms with Crippen LogP contribution in [-0.4, -0.2) is 16.4 Å². The van der Waals surface area contributed by atoms with Crippen LogP contribution < -0.4 is 11.1 Å². The smallest absolute Gasteiger partial charge is 0.223 e. The van der Waals surface area contributed by atoms with E-state index in [4.69, 9.17) is 18.0 Å². The molecule has 0 aromatic heterocycles. The van der Waals surface area contributed by atoms with Gasteiger partial charge in [-0.2, -0.15) is 0 Å². The molecule has 0 saturated heterocycles. The van der Waals surface area contributed by atoms with Crippen LogP contribution in [0.3, 0.4) is 0 Å². The summed E-state index contributed by atoms with van der Waals surface area (Å²) in [5.74, 6) is 0.0939. The van der Waals surface area contributed by atoms with Gasteiger partial charge in [0.05, 0.1) is 10.5 Å². The maximum atomic E-state index is 11.7. The van der Waals surface area contributed by atoms with E-state index >= 15 is 0 Å². The topological polar surface area (TPSA) is 55.1 Å². The fourth-order valence-electron chi connectivity index (χ4n) is 1.13. The second-order valence-corrected chi connectivity index (χ2v) is 4.43. The summed E-state index contributed by atoms with van der Waals surface area (Å²) in [5.41, 5.74) is 4.93. The number of nitrogens with two attached hydrogens (primary N) is 1. The first-order chi connectivity index (χ1) is 6.35. The molecule has 1 amide bonds. The van der Waals surface area contributed by atoms with Gasteiger partial charge in [0, 0.05) is 5.92 Å². The van der Waals surface area contributed by atoms with E-state index < -0.39 is 5.54 Å². The highest BCUT2D eigenvalue weighted by Crippen LogP contribution is 2.10. The predicted molar refractivity (Wildman–Crippen MR) is 63.1 cm³/mol. The summed E-state index contributed by atoms with van der Waals surface area (Å²) in [5, 5.41) is 2.85. The summed E-state index contributed by atoms with van der Waals surface area (Å²) in [7, 11) is 0. The molecule has 0 bridgehead atoms. The Labute approximate surface area is 91.4 Å². The van der Waals surface area contributed by atoms with Gasteiger partial charge in [-0.05, 0) is 26.7 Å². The lowest BCUT2D eigenvalue weighted by molar-refractivity contribution is -0.126. The first-order valence-electron chi connectivity index (χ1n) is 4.97. The van der Waals surface area contributed by atoms with Crippen molar-refractivity contribution >= 4 is 23.1 Å². The summed E-state index contributed by atoms with van der Waals surface area (Å²) >= 11 is 4.87. The third-order valence-corrected chi connectivity index (χ3v) is 2.92. The summed E-state index contributed by atoms with van der Waals surface area (Å²) in [6, 6.07) is 0. The molecule has 0 atom stereocenters. The molecule has 3 nitrogen and oxygen atoms in total. The molecule has 4 heteroatoms. The van der Waals surface area contributed by atoms with Gasteiger partial charge in [-0.25, -0.2) is 0 Å². The summed E-state index contributed by atoms with van der Waals surface area (Å²) < 4.78 is 0. The van der Waals surface area contributed by atoms with Gasteiger partial charge in [0.15, 0.2) is 0 Å². The highest BCUT2D eigenvalue weighted by molar-refractivity contribution is 7.80. The Balaban J connectivity index is 4.38. The van der Waals surface area contributed by atoms with Crippen LogP contribution in [0.15, 0.2) is 0 Å². The maximum Gasteiger partial charge on any atom is 0.223 e. The third kappa shape index (κ3) is 3.62. The van der Waals surface area contributed by atoms with Crippen molar-refractivity contribution in [3.63, 3.8) is 0 Å². The molecular formula is C10H20N2OS. The Kier molecular flexibility index (Phi) is 5.05. The number of thiocarbonyl (C=S) groups is 1. The van der Waals surface area contributed by atoms with Crippen LogP contribution in [0.25, 0.3) is 0 Å². The van der Waals surface area contributed by atoms with Crippen LogP contribution >= 0.6 is 12.2 Å². The quantitative estimate of drug-likeness (QED) is 0.686. The lowest BCUT2D eigenvalue weighted by atomic mass is 9.99. The van der Waals surface area contributed by atoms with E-state index in [1.807, 2.05) is 27.7 Å². The monoisotopic (exact) mass is 216 g/mol. The van der Waals surface area contributed by atoms with Crippen molar-refractivity contribution in [2.24, 2.45) is 11.7 Å². The molecule has 0 aromatic rings. The van der Waals surface area contributed by atoms with Crippen molar-refractivity contribution in [3.8, 4) is 0 Å². The number of hydrogen-bond donors (Lipinski definition) is 2. The largest absolute Gasteiger partial charge is 0.391 e. The summed E-state index contributed by atoms with van der Waals surface area (Å²) in [4.78, 5) is 12.0.